The molecule has 7 heteroatoms. The van der Waals surface area contributed by atoms with Crippen LogP contribution >= 0.6 is 0 Å². The summed E-state index contributed by atoms with van der Waals surface area (Å²) in [5.41, 5.74) is 2.81. The Hall–Kier alpha value is -2.49. The zero-order chi connectivity index (χ0) is 26.1. The van der Waals surface area contributed by atoms with Gasteiger partial charge in [-0.3, -0.25) is 0 Å². The highest BCUT2D eigenvalue weighted by atomic mass is 19.1. The van der Waals surface area contributed by atoms with Crippen LogP contribution in [0.2, 0.25) is 0 Å². The second kappa shape index (κ2) is 13.7. The van der Waals surface area contributed by atoms with Gasteiger partial charge >= 0.3 is 11.9 Å². The van der Waals surface area contributed by atoms with Crippen LogP contribution in [0, 0.1) is 11.3 Å². The minimum Gasteiger partial charge on any atom is -0.460 e. The van der Waals surface area contributed by atoms with Gasteiger partial charge in [-0.05, 0) is 93.2 Å². The maximum Gasteiger partial charge on any atom is 0.340 e. The number of hydrogen-bond acceptors (Lipinski definition) is 5. The van der Waals surface area contributed by atoms with E-state index in [0.717, 1.165) is 36.8 Å². The first-order chi connectivity index (χ1) is 17.4. The molecule has 5 nitrogen and oxygen atoms in total. The number of carbonyl (C=O) groups is 2. The van der Waals surface area contributed by atoms with E-state index in [9.17, 15) is 23.6 Å². The van der Waals surface area contributed by atoms with E-state index in [2.05, 4.69) is 12.1 Å². The summed E-state index contributed by atoms with van der Waals surface area (Å²) in [6.07, 6.45) is 3.98. The molecule has 2 atom stereocenters. The molecule has 0 unspecified atom stereocenters. The Morgan fingerprint density at radius 3 is 1.78 bits per heavy atom. The van der Waals surface area contributed by atoms with Crippen molar-refractivity contribution < 1.29 is 27.8 Å². The molecule has 0 bridgehead atoms. The number of benzene rings is 1. The molecule has 0 heterocycles. The summed E-state index contributed by atoms with van der Waals surface area (Å²) in [6.45, 7) is 3.67. The third-order valence-electron chi connectivity index (χ3n) is 7.62. The molecule has 0 radical (unpaired) electrons. The summed E-state index contributed by atoms with van der Waals surface area (Å²) in [4.78, 5) is 23.8. The molecule has 2 saturated carbocycles. The number of halogens is 2. The Morgan fingerprint density at radius 2 is 1.33 bits per heavy atom. The smallest absolute Gasteiger partial charge is 0.340 e. The Morgan fingerprint density at radius 1 is 0.861 bits per heavy atom. The maximum absolute atomic E-state index is 13.8. The molecule has 2 aliphatic rings. The minimum absolute atomic E-state index is 0.190. The number of nitriles is 1. The van der Waals surface area contributed by atoms with Crippen LogP contribution in [0.15, 0.2) is 18.2 Å². The molecule has 0 saturated heterocycles. The van der Waals surface area contributed by atoms with Gasteiger partial charge in [-0.1, -0.05) is 38.8 Å². The molecule has 0 spiro atoms. The highest BCUT2D eigenvalue weighted by Gasteiger charge is 2.30. The van der Waals surface area contributed by atoms with E-state index in [0.29, 0.717) is 44.1 Å². The Labute approximate surface area is 213 Å². The molecule has 1 aromatic rings. The lowest BCUT2D eigenvalue weighted by molar-refractivity contribution is -0.157. The molecule has 0 amide bonds. The maximum atomic E-state index is 13.8. The molecule has 1 aromatic carbocycles. The van der Waals surface area contributed by atoms with E-state index < -0.39 is 24.3 Å². The van der Waals surface area contributed by atoms with Gasteiger partial charge in [0.2, 0.25) is 0 Å². The van der Waals surface area contributed by atoms with Gasteiger partial charge in [-0.15, -0.1) is 0 Å². The second-order valence-electron chi connectivity index (χ2n) is 10.3. The number of ether oxygens (including phenoxy) is 2. The normalized spacial score (nSPS) is 25.9. The first-order valence-electron chi connectivity index (χ1n) is 13.6. The molecule has 0 N–H and O–H groups in total. The number of rotatable bonds is 10. The van der Waals surface area contributed by atoms with Crippen LogP contribution in [0.5, 0.6) is 0 Å². The summed E-state index contributed by atoms with van der Waals surface area (Å²) in [5, 5.41) is 9.84. The molecular weight excluding hydrogens is 464 g/mol. The van der Waals surface area contributed by atoms with Crippen molar-refractivity contribution in [3.05, 3.63) is 34.9 Å². The molecule has 0 aliphatic heterocycles. The number of hydrogen-bond donors (Lipinski definition) is 0. The van der Waals surface area contributed by atoms with Gasteiger partial charge in [0.05, 0.1) is 11.6 Å². The fourth-order valence-electron chi connectivity index (χ4n) is 5.51. The lowest BCUT2D eigenvalue weighted by Crippen LogP contribution is -2.28. The van der Waals surface area contributed by atoms with Crippen molar-refractivity contribution in [1.82, 2.24) is 0 Å². The van der Waals surface area contributed by atoms with Gasteiger partial charge in [0.25, 0.3) is 0 Å². The predicted octanol–water partition coefficient (Wildman–Crippen LogP) is 6.97. The van der Waals surface area contributed by atoms with Gasteiger partial charge in [-0.25, -0.2) is 18.4 Å². The lowest BCUT2D eigenvalue weighted by Gasteiger charge is -2.31. The van der Waals surface area contributed by atoms with Crippen molar-refractivity contribution in [2.24, 2.45) is 0 Å². The van der Waals surface area contributed by atoms with Gasteiger partial charge < -0.3 is 9.47 Å². The highest BCUT2D eigenvalue weighted by Crippen LogP contribution is 2.39. The average molecular weight is 504 g/mol. The molecule has 36 heavy (non-hydrogen) atoms. The fourth-order valence-corrected chi connectivity index (χ4v) is 5.51. The fraction of sp³-hybridized carbons (Fsp3) is 0.690. The SMILES string of the molecule is CCC[C@H](F)C(=O)O[C@H]1CC[C@H](c2ccc([C@H]3CC[C@H](OC(=O)[C@@H](F)CCC)CC3)c(C#N)c2)CC1. The number of esters is 2. The van der Waals surface area contributed by atoms with Gasteiger partial charge in [0.1, 0.15) is 12.2 Å². The van der Waals surface area contributed by atoms with E-state index in [-0.39, 0.29) is 36.9 Å². The molecule has 0 aromatic heterocycles. The van der Waals surface area contributed by atoms with Crippen LogP contribution in [0.1, 0.15) is 119 Å². The third-order valence-corrected chi connectivity index (χ3v) is 7.62. The molecular formula is C29H39F2NO4. The number of alkyl halides is 2. The van der Waals surface area contributed by atoms with Crippen LogP contribution in [0.25, 0.3) is 0 Å². The van der Waals surface area contributed by atoms with E-state index in [1.165, 1.54) is 0 Å². The first-order valence-corrected chi connectivity index (χ1v) is 13.6. The van der Waals surface area contributed by atoms with Gasteiger partial charge in [0, 0.05) is 0 Å². The standard InChI is InChI=1S/C29H39F2NO4/c1-3-5-26(30)28(33)35-23-12-7-19(8-13-23)21-11-16-25(22(17-21)18-32)20-9-14-24(15-10-20)36-29(34)27(31)6-4-2/h11,16-17,19-20,23-24,26-27H,3-10,12-15H2,1-2H3/t19-,20-,23-,24-,26-,27-/m0/s1. The monoisotopic (exact) mass is 503 g/mol. The van der Waals surface area contributed by atoms with Gasteiger partial charge in [0.15, 0.2) is 12.3 Å². The minimum atomic E-state index is -1.55. The average Bonchev–Trinajstić information content (AvgIpc) is 2.89. The highest BCUT2D eigenvalue weighted by molar-refractivity contribution is 5.75. The second-order valence-corrected chi connectivity index (χ2v) is 10.3. The van der Waals surface area contributed by atoms with Crippen molar-refractivity contribution in [1.29, 1.82) is 5.26 Å². The van der Waals surface area contributed by atoms with E-state index in [1.54, 1.807) is 0 Å². The topological polar surface area (TPSA) is 76.4 Å². The Kier molecular flexibility index (Phi) is 10.7. The quantitative estimate of drug-likeness (QED) is 0.322. The first kappa shape index (κ1) is 28.1. The van der Waals surface area contributed by atoms with E-state index >= 15 is 0 Å². The van der Waals surface area contributed by atoms with Crippen LogP contribution in [0.4, 0.5) is 8.78 Å². The van der Waals surface area contributed by atoms with Crippen LogP contribution in [-0.4, -0.2) is 36.5 Å². The summed E-state index contributed by atoms with van der Waals surface area (Å²) in [6, 6.07) is 8.48. The van der Waals surface area contributed by atoms with Crippen LogP contribution in [-0.2, 0) is 19.1 Å². The number of carbonyl (C=O) groups excluding carboxylic acids is 2. The Bertz CT molecular complexity index is 914. The largest absolute Gasteiger partial charge is 0.460 e. The van der Waals surface area contributed by atoms with Crippen LogP contribution < -0.4 is 0 Å². The lowest BCUT2D eigenvalue weighted by atomic mass is 9.78. The summed E-state index contributed by atoms with van der Waals surface area (Å²) >= 11 is 0. The molecule has 3 rings (SSSR count). The van der Waals surface area contributed by atoms with Crippen LogP contribution in [0.3, 0.4) is 0 Å². The zero-order valence-electron chi connectivity index (χ0n) is 21.5. The summed E-state index contributed by atoms with van der Waals surface area (Å²) in [7, 11) is 0. The zero-order valence-corrected chi connectivity index (χ0v) is 21.5. The molecule has 2 fully saturated rings. The van der Waals surface area contributed by atoms with Crippen molar-refractivity contribution in [3.8, 4) is 6.07 Å². The van der Waals surface area contributed by atoms with Crippen molar-refractivity contribution in [3.63, 3.8) is 0 Å². The molecule has 198 valence electrons. The van der Waals surface area contributed by atoms with E-state index in [1.807, 2.05) is 26.0 Å². The predicted molar refractivity (Wildman–Crippen MR) is 133 cm³/mol. The summed E-state index contributed by atoms with van der Waals surface area (Å²) in [5.74, 6) is -0.999. The summed E-state index contributed by atoms with van der Waals surface area (Å²) < 4.78 is 38.3. The van der Waals surface area contributed by atoms with Crippen molar-refractivity contribution in [2.75, 3.05) is 0 Å². The molecule has 2 aliphatic carbocycles. The third kappa shape index (κ3) is 7.51. The Balaban J connectivity index is 1.52. The van der Waals surface area contributed by atoms with Crippen molar-refractivity contribution >= 4 is 11.9 Å². The van der Waals surface area contributed by atoms with Gasteiger partial charge in [-0.2, -0.15) is 5.26 Å². The van der Waals surface area contributed by atoms with Crippen molar-refractivity contribution in [2.45, 2.75) is 127 Å². The number of nitrogens with zero attached hydrogens (tertiary/aromatic N) is 1. The van der Waals surface area contributed by atoms with E-state index in [4.69, 9.17) is 9.47 Å².